The number of sulfone groups is 1. The summed E-state index contributed by atoms with van der Waals surface area (Å²) in [6.07, 6.45) is 1.14. The molecule has 1 heterocycles. The van der Waals surface area contributed by atoms with Crippen molar-refractivity contribution in [1.29, 1.82) is 0 Å². The van der Waals surface area contributed by atoms with Gasteiger partial charge in [-0.2, -0.15) is 0 Å². The van der Waals surface area contributed by atoms with Crippen molar-refractivity contribution in [3.63, 3.8) is 0 Å². The Morgan fingerprint density at radius 2 is 1.87 bits per heavy atom. The second-order valence-corrected chi connectivity index (χ2v) is 9.22. The maximum atomic E-state index is 12.3. The lowest BCUT2D eigenvalue weighted by Crippen LogP contribution is -2.40. The average Bonchev–Trinajstić information content (AvgIpc) is 3.16. The topological polar surface area (TPSA) is 110 Å². The van der Waals surface area contributed by atoms with E-state index in [1.54, 1.807) is 42.5 Å². The van der Waals surface area contributed by atoms with E-state index < -0.39 is 27.9 Å². The van der Waals surface area contributed by atoms with Crippen molar-refractivity contribution in [2.45, 2.75) is 37.7 Å². The molecule has 30 heavy (non-hydrogen) atoms. The van der Waals surface area contributed by atoms with Gasteiger partial charge in [0, 0.05) is 0 Å². The molecule has 1 aromatic heterocycles. The van der Waals surface area contributed by atoms with Crippen LogP contribution in [0, 0.1) is 6.42 Å². The zero-order valence-electron chi connectivity index (χ0n) is 16.7. The van der Waals surface area contributed by atoms with E-state index in [2.05, 4.69) is 10.3 Å². The van der Waals surface area contributed by atoms with Gasteiger partial charge in [-0.15, -0.1) is 0 Å². The molecule has 3 aromatic rings. The van der Waals surface area contributed by atoms with E-state index in [1.165, 1.54) is 0 Å². The SMILES string of the molecule is CCCC(NC(=O)[CH]CS(=O)(=O)Cc1ccccc1)C(O)c1nc2ccccc2o1. The van der Waals surface area contributed by atoms with Crippen LogP contribution in [0.4, 0.5) is 0 Å². The molecule has 2 unspecified atom stereocenters. The number of benzene rings is 2. The molecule has 0 saturated heterocycles. The van der Waals surface area contributed by atoms with Gasteiger partial charge in [-0.05, 0) is 24.1 Å². The third-order valence-electron chi connectivity index (χ3n) is 4.62. The van der Waals surface area contributed by atoms with Gasteiger partial charge in [-0.3, -0.25) is 4.79 Å². The van der Waals surface area contributed by atoms with Gasteiger partial charge in [0.1, 0.15) is 5.52 Å². The smallest absolute Gasteiger partial charge is 0.226 e. The van der Waals surface area contributed by atoms with Crippen LogP contribution in [-0.4, -0.2) is 36.2 Å². The number of nitrogens with one attached hydrogen (secondary N) is 1. The Balaban J connectivity index is 1.60. The summed E-state index contributed by atoms with van der Waals surface area (Å²) >= 11 is 0. The number of hydrogen-bond donors (Lipinski definition) is 2. The molecule has 0 fully saturated rings. The van der Waals surface area contributed by atoms with Crippen LogP contribution >= 0.6 is 0 Å². The van der Waals surface area contributed by atoms with Crippen LogP contribution in [0.25, 0.3) is 11.1 Å². The van der Waals surface area contributed by atoms with Crippen LogP contribution < -0.4 is 5.32 Å². The molecular weight excluding hydrogens is 404 g/mol. The van der Waals surface area contributed by atoms with Crippen molar-refractivity contribution >= 4 is 26.8 Å². The van der Waals surface area contributed by atoms with Crippen molar-refractivity contribution in [3.8, 4) is 0 Å². The summed E-state index contributed by atoms with van der Waals surface area (Å²) in [5.74, 6) is -0.959. The molecule has 0 aliphatic carbocycles. The van der Waals surface area contributed by atoms with Crippen molar-refractivity contribution in [3.05, 3.63) is 72.5 Å². The first-order valence-electron chi connectivity index (χ1n) is 9.79. The minimum Gasteiger partial charge on any atom is -0.438 e. The van der Waals surface area contributed by atoms with E-state index in [1.807, 2.05) is 19.1 Å². The number of oxazole rings is 1. The summed E-state index contributed by atoms with van der Waals surface area (Å²) in [5, 5.41) is 13.4. The molecule has 159 valence electrons. The van der Waals surface area contributed by atoms with Crippen LogP contribution in [0.5, 0.6) is 0 Å². The lowest BCUT2D eigenvalue weighted by Gasteiger charge is -2.21. The van der Waals surface area contributed by atoms with Crippen LogP contribution in [0.3, 0.4) is 0 Å². The third-order valence-corrected chi connectivity index (χ3v) is 6.07. The van der Waals surface area contributed by atoms with Gasteiger partial charge < -0.3 is 14.8 Å². The lowest BCUT2D eigenvalue weighted by atomic mass is 10.1. The van der Waals surface area contributed by atoms with Gasteiger partial charge in [0.2, 0.25) is 11.8 Å². The summed E-state index contributed by atoms with van der Waals surface area (Å²) in [6.45, 7) is 1.92. The summed E-state index contributed by atoms with van der Waals surface area (Å²) in [6, 6.07) is 15.3. The summed E-state index contributed by atoms with van der Waals surface area (Å²) in [5.41, 5.74) is 1.83. The number of nitrogens with zero attached hydrogens (tertiary/aromatic N) is 1. The molecule has 8 heteroatoms. The minimum absolute atomic E-state index is 0.117. The van der Waals surface area contributed by atoms with Gasteiger partial charge in [-0.25, -0.2) is 13.4 Å². The Hall–Kier alpha value is -2.71. The molecule has 7 nitrogen and oxygen atoms in total. The number of amides is 1. The van der Waals surface area contributed by atoms with Crippen molar-refractivity contribution < 1.29 is 22.7 Å². The Kier molecular flexibility index (Phi) is 7.23. The third kappa shape index (κ3) is 5.90. The monoisotopic (exact) mass is 429 g/mol. The Morgan fingerprint density at radius 3 is 2.57 bits per heavy atom. The minimum atomic E-state index is -3.48. The quantitative estimate of drug-likeness (QED) is 0.513. The summed E-state index contributed by atoms with van der Waals surface area (Å²) < 4.78 is 30.2. The van der Waals surface area contributed by atoms with Crippen LogP contribution in [-0.2, 0) is 20.4 Å². The van der Waals surface area contributed by atoms with E-state index in [0.29, 0.717) is 29.5 Å². The highest BCUT2D eigenvalue weighted by Gasteiger charge is 2.27. The highest BCUT2D eigenvalue weighted by atomic mass is 32.2. The van der Waals surface area contributed by atoms with E-state index in [4.69, 9.17) is 4.42 Å². The fourth-order valence-electron chi connectivity index (χ4n) is 3.14. The number of para-hydroxylation sites is 2. The van der Waals surface area contributed by atoms with E-state index >= 15 is 0 Å². The zero-order chi connectivity index (χ0) is 21.6. The number of fused-ring (bicyclic) bond motifs is 1. The van der Waals surface area contributed by atoms with Crippen molar-refractivity contribution in [2.24, 2.45) is 0 Å². The molecule has 0 spiro atoms. The standard InChI is InChI=1S/C22H25N2O5S/c1-2-8-18(21(26)22-24-17-11-6-7-12-19(17)29-22)23-20(25)13-14-30(27,28)15-16-9-4-3-5-10-16/h3-7,9-13,18,21,26H,2,8,14-15H2,1H3,(H,23,25). The first kappa shape index (κ1) is 22.0. The molecule has 2 aromatic carbocycles. The van der Waals surface area contributed by atoms with Crippen LogP contribution in [0.15, 0.2) is 59.0 Å². The largest absolute Gasteiger partial charge is 0.438 e. The number of aromatic nitrogens is 1. The predicted molar refractivity (Wildman–Crippen MR) is 114 cm³/mol. The summed E-state index contributed by atoms with van der Waals surface area (Å²) in [4.78, 5) is 16.6. The van der Waals surface area contributed by atoms with Crippen LogP contribution in [0.2, 0.25) is 0 Å². The van der Waals surface area contributed by atoms with Crippen molar-refractivity contribution in [2.75, 3.05) is 5.75 Å². The maximum Gasteiger partial charge on any atom is 0.226 e. The Bertz CT molecular complexity index is 1050. The fraction of sp³-hybridized carbons (Fsp3) is 0.318. The number of rotatable bonds is 10. The highest BCUT2D eigenvalue weighted by Crippen LogP contribution is 2.24. The molecule has 0 bridgehead atoms. The van der Waals surface area contributed by atoms with Gasteiger partial charge in [0.05, 0.1) is 24.0 Å². The maximum absolute atomic E-state index is 12.3. The van der Waals surface area contributed by atoms with E-state index in [0.717, 1.165) is 6.42 Å². The van der Waals surface area contributed by atoms with Gasteiger partial charge in [0.25, 0.3) is 0 Å². The van der Waals surface area contributed by atoms with Crippen molar-refractivity contribution in [1.82, 2.24) is 10.3 Å². The molecular formula is C22H25N2O5S. The predicted octanol–water partition coefficient (Wildman–Crippen LogP) is 2.97. The highest BCUT2D eigenvalue weighted by molar-refractivity contribution is 7.90. The van der Waals surface area contributed by atoms with Crippen LogP contribution in [0.1, 0.15) is 37.3 Å². The fourth-order valence-corrected chi connectivity index (χ4v) is 4.36. The lowest BCUT2D eigenvalue weighted by molar-refractivity contribution is -0.119. The number of carbonyl (C=O) groups is 1. The van der Waals surface area contributed by atoms with Gasteiger partial charge >= 0.3 is 0 Å². The molecule has 2 atom stereocenters. The molecule has 0 saturated carbocycles. The average molecular weight is 430 g/mol. The molecule has 1 radical (unpaired) electrons. The second-order valence-electron chi connectivity index (χ2n) is 7.11. The normalized spacial score (nSPS) is 13.8. The molecule has 1 amide bonds. The zero-order valence-corrected chi connectivity index (χ0v) is 17.5. The molecule has 0 aliphatic heterocycles. The van der Waals surface area contributed by atoms with E-state index in [-0.39, 0.29) is 17.4 Å². The first-order chi connectivity index (χ1) is 14.4. The van der Waals surface area contributed by atoms with Gasteiger partial charge in [0.15, 0.2) is 21.5 Å². The molecule has 2 N–H and O–H groups in total. The van der Waals surface area contributed by atoms with Gasteiger partial charge in [-0.1, -0.05) is 55.8 Å². The Labute approximate surface area is 176 Å². The number of hydrogen-bond acceptors (Lipinski definition) is 6. The van der Waals surface area contributed by atoms with E-state index in [9.17, 15) is 18.3 Å². The molecule has 3 rings (SSSR count). The number of aliphatic hydroxyl groups is 1. The second kappa shape index (κ2) is 9.86. The number of aliphatic hydroxyl groups excluding tert-OH is 1. The Morgan fingerprint density at radius 1 is 1.17 bits per heavy atom. The molecule has 0 aliphatic rings. The first-order valence-corrected chi connectivity index (χ1v) is 11.6. The number of carbonyl (C=O) groups excluding carboxylic acids is 1. The summed E-state index contributed by atoms with van der Waals surface area (Å²) in [7, 11) is -3.48.